The molecule has 3 aliphatic rings. The molecule has 3 aromatic carbocycles. The maximum Gasteiger partial charge on any atom is 0.403 e. The predicted molar refractivity (Wildman–Crippen MR) is 197 cm³/mol. The molecular weight excluding hydrogens is 724 g/mol. The minimum Gasteiger partial charge on any atom is -0.480 e. The van der Waals surface area contributed by atoms with E-state index in [0.717, 1.165) is 57.5 Å². The number of aliphatic carboxylic acids is 1. The number of nitrogens with one attached hydrogen (secondary N) is 1. The third kappa shape index (κ3) is 8.04. The second kappa shape index (κ2) is 15.0. The molecule has 1 amide bonds. The maximum absolute atomic E-state index is 14.5. The summed E-state index contributed by atoms with van der Waals surface area (Å²) in [7, 11) is 0. The van der Waals surface area contributed by atoms with Crippen LogP contribution < -0.4 is 5.32 Å². The Kier molecular flexibility index (Phi) is 10.6. The quantitative estimate of drug-likeness (QED) is 0.162. The van der Waals surface area contributed by atoms with Gasteiger partial charge >= 0.3 is 18.3 Å². The van der Waals surface area contributed by atoms with E-state index in [4.69, 9.17) is 4.98 Å². The van der Waals surface area contributed by atoms with Crippen molar-refractivity contribution >= 4 is 33.4 Å². The molecule has 7 rings (SSSR count). The van der Waals surface area contributed by atoms with Crippen LogP contribution >= 0.6 is 0 Å². The lowest BCUT2D eigenvalue weighted by molar-refractivity contribution is -0.236. The molecular formula is C41H45F6N5O3. The van der Waals surface area contributed by atoms with Gasteiger partial charge in [0.05, 0.1) is 12.2 Å². The summed E-state index contributed by atoms with van der Waals surface area (Å²) < 4.78 is 82.2. The number of hydrogen-bond acceptors (Lipinski definition) is 6. The van der Waals surface area contributed by atoms with E-state index in [1.807, 2.05) is 42.6 Å². The van der Waals surface area contributed by atoms with E-state index in [-0.39, 0.29) is 6.42 Å². The lowest BCUT2D eigenvalue weighted by atomic mass is 9.76. The van der Waals surface area contributed by atoms with Gasteiger partial charge in [-0.2, -0.15) is 26.3 Å². The fourth-order valence-electron chi connectivity index (χ4n) is 8.96. The van der Waals surface area contributed by atoms with Gasteiger partial charge < -0.3 is 10.4 Å². The number of carbonyl (C=O) groups is 2. The van der Waals surface area contributed by atoms with Gasteiger partial charge in [0.15, 0.2) is 0 Å². The van der Waals surface area contributed by atoms with Crippen molar-refractivity contribution in [3.63, 3.8) is 0 Å². The fraction of sp³-hybridized carbons (Fsp3) is 0.488. The standard InChI is InChI=1S/C41H45F6N5O3/c1-25-21-51(22-26(2)52(25)29-13-14-29)23-28-20-48-36(33-9-4-3-8-31(28)33)34-12-6-10-30-27(7-5-11-32(30)34)19-35(37(53)54)49-38(55)39(41(45,46)47)15-17-50(18-16-39)24-40(42,43)44/h3-12,20,25-26,29,35H,13-19,21-24H2,1-2H3,(H,49,55)(H,53,54)/t25-,26+,35-/m0/s1. The van der Waals surface area contributed by atoms with Crippen LogP contribution in [0.4, 0.5) is 26.3 Å². The van der Waals surface area contributed by atoms with Crippen LogP contribution in [0.15, 0.2) is 66.9 Å². The smallest absolute Gasteiger partial charge is 0.403 e. The van der Waals surface area contributed by atoms with E-state index in [1.54, 1.807) is 18.2 Å². The highest BCUT2D eigenvalue weighted by Gasteiger charge is 2.61. The zero-order chi connectivity index (χ0) is 39.3. The Bertz CT molecular complexity index is 2050. The van der Waals surface area contributed by atoms with Crippen molar-refractivity contribution in [1.82, 2.24) is 25.0 Å². The van der Waals surface area contributed by atoms with Gasteiger partial charge in [-0.25, -0.2) is 4.79 Å². The minimum atomic E-state index is -5.11. The predicted octanol–water partition coefficient (Wildman–Crippen LogP) is 7.43. The van der Waals surface area contributed by atoms with Crippen LogP contribution in [0, 0.1) is 5.41 Å². The van der Waals surface area contributed by atoms with Crippen LogP contribution in [-0.4, -0.2) is 106 Å². The Labute approximate surface area is 315 Å². The molecule has 0 bridgehead atoms. The molecule has 1 aromatic heterocycles. The summed E-state index contributed by atoms with van der Waals surface area (Å²) in [5.41, 5.74) is 0.106. The second-order valence-electron chi connectivity index (χ2n) is 15.6. The number of piperazine rings is 1. The van der Waals surface area contributed by atoms with E-state index in [9.17, 15) is 41.0 Å². The average Bonchev–Trinajstić information content (AvgIpc) is 3.95. The number of halogens is 6. The second-order valence-corrected chi connectivity index (χ2v) is 15.6. The molecule has 2 N–H and O–H groups in total. The van der Waals surface area contributed by atoms with Gasteiger partial charge in [0, 0.05) is 61.3 Å². The Hall–Kier alpha value is -4.27. The van der Waals surface area contributed by atoms with Crippen LogP contribution in [0.5, 0.6) is 0 Å². The number of benzene rings is 3. The summed E-state index contributed by atoms with van der Waals surface area (Å²) >= 11 is 0. The third-order valence-electron chi connectivity index (χ3n) is 11.7. The van der Waals surface area contributed by atoms with Crippen molar-refractivity contribution in [3.8, 4) is 11.3 Å². The molecule has 8 nitrogen and oxygen atoms in total. The van der Waals surface area contributed by atoms with E-state index >= 15 is 0 Å². The summed E-state index contributed by atoms with van der Waals surface area (Å²) in [4.78, 5) is 36.8. The molecule has 0 spiro atoms. The van der Waals surface area contributed by atoms with E-state index in [2.05, 4.69) is 35.0 Å². The number of aromatic nitrogens is 1. The number of hydrogen-bond donors (Lipinski definition) is 2. The molecule has 14 heteroatoms. The maximum atomic E-state index is 14.5. The van der Waals surface area contributed by atoms with Crippen LogP contribution in [0.25, 0.3) is 32.8 Å². The van der Waals surface area contributed by atoms with Crippen LogP contribution in [-0.2, 0) is 22.6 Å². The molecule has 3 fully saturated rings. The highest BCUT2D eigenvalue weighted by molar-refractivity contribution is 6.05. The Morgan fingerprint density at radius 3 is 2.05 bits per heavy atom. The number of carboxylic acid groups (broad SMARTS) is 1. The molecule has 3 atom stereocenters. The summed E-state index contributed by atoms with van der Waals surface area (Å²) in [6.45, 7) is 4.67. The van der Waals surface area contributed by atoms with Gasteiger partial charge in [0.25, 0.3) is 0 Å². The topological polar surface area (TPSA) is 89.0 Å². The number of rotatable bonds is 10. The van der Waals surface area contributed by atoms with Crippen molar-refractivity contribution < 1.29 is 41.0 Å². The van der Waals surface area contributed by atoms with Crippen LogP contribution in [0.2, 0.25) is 0 Å². The lowest BCUT2D eigenvalue weighted by Crippen LogP contribution is -2.59. The number of nitrogens with zero attached hydrogens (tertiary/aromatic N) is 4. The molecule has 1 aliphatic carbocycles. The van der Waals surface area contributed by atoms with E-state index in [1.165, 1.54) is 12.8 Å². The highest BCUT2D eigenvalue weighted by atomic mass is 19.4. The number of amides is 1. The Morgan fingerprint density at radius 2 is 1.44 bits per heavy atom. The lowest BCUT2D eigenvalue weighted by Gasteiger charge is -2.45. The number of carbonyl (C=O) groups excluding carboxylic acids is 1. The number of carboxylic acids is 1. The fourth-order valence-corrected chi connectivity index (χ4v) is 8.96. The van der Waals surface area contributed by atoms with Gasteiger partial charge in [0.1, 0.15) is 11.5 Å². The molecule has 0 radical (unpaired) electrons. The van der Waals surface area contributed by atoms with Crippen molar-refractivity contribution in [1.29, 1.82) is 0 Å². The zero-order valence-electron chi connectivity index (χ0n) is 30.8. The third-order valence-corrected chi connectivity index (χ3v) is 11.7. The van der Waals surface area contributed by atoms with E-state index in [0.29, 0.717) is 29.1 Å². The molecule has 55 heavy (non-hydrogen) atoms. The first-order valence-corrected chi connectivity index (χ1v) is 18.8. The number of alkyl halides is 6. The minimum absolute atomic E-state index is 0.325. The summed E-state index contributed by atoms with van der Waals surface area (Å²) in [5.74, 6) is -3.08. The van der Waals surface area contributed by atoms with Crippen molar-refractivity contribution in [3.05, 3.63) is 78.0 Å². The monoisotopic (exact) mass is 769 g/mol. The number of piperidine rings is 1. The van der Waals surface area contributed by atoms with Gasteiger partial charge in [-0.3, -0.25) is 24.5 Å². The Balaban J connectivity index is 1.14. The largest absolute Gasteiger partial charge is 0.480 e. The number of likely N-dealkylation sites (tertiary alicyclic amines) is 1. The molecule has 3 heterocycles. The molecule has 0 unspecified atom stereocenters. The van der Waals surface area contributed by atoms with Gasteiger partial charge in [-0.05, 0) is 79.9 Å². The van der Waals surface area contributed by atoms with Crippen LogP contribution in [0.1, 0.15) is 50.7 Å². The number of pyridine rings is 1. The van der Waals surface area contributed by atoms with E-state index < -0.39 is 68.2 Å². The molecule has 294 valence electrons. The highest BCUT2D eigenvalue weighted by Crippen LogP contribution is 2.47. The normalized spacial score (nSPS) is 22.2. The molecule has 2 saturated heterocycles. The molecule has 1 saturated carbocycles. The van der Waals surface area contributed by atoms with Crippen molar-refractivity contribution in [2.45, 2.75) is 89.0 Å². The zero-order valence-corrected chi connectivity index (χ0v) is 30.8. The van der Waals surface area contributed by atoms with Crippen molar-refractivity contribution in [2.24, 2.45) is 5.41 Å². The van der Waals surface area contributed by atoms with Gasteiger partial charge in [-0.1, -0.05) is 60.7 Å². The summed E-state index contributed by atoms with van der Waals surface area (Å²) in [6, 6.07) is 18.8. The SMILES string of the molecule is C[C@@H]1CN(Cc2cnc(-c3cccc4c(C[C@H](NC(=O)C5(C(F)(F)F)CCN(CC(F)(F)F)CC5)C(=O)O)cccc34)c3ccccc23)C[C@H](C)N1C1CC1. The first kappa shape index (κ1) is 39.0. The first-order chi connectivity index (χ1) is 26.0. The molecule has 2 aliphatic heterocycles. The summed E-state index contributed by atoms with van der Waals surface area (Å²) in [6.07, 6.45) is -7.41. The van der Waals surface area contributed by atoms with Crippen molar-refractivity contribution in [2.75, 3.05) is 32.7 Å². The number of fused-ring (bicyclic) bond motifs is 2. The average molecular weight is 770 g/mol. The van der Waals surface area contributed by atoms with Gasteiger partial charge in [0.2, 0.25) is 5.91 Å². The summed E-state index contributed by atoms with van der Waals surface area (Å²) in [5, 5.41) is 15.7. The Morgan fingerprint density at radius 1 is 0.836 bits per heavy atom. The van der Waals surface area contributed by atoms with Gasteiger partial charge in [-0.15, -0.1) is 0 Å². The van der Waals surface area contributed by atoms with Crippen LogP contribution in [0.3, 0.4) is 0 Å². The first-order valence-electron chi connectivity index (χ1n) is 18.8. The molecule has 4 aromatic rings.